The van der Waals surface area contributed by atoms with Crippen molar-refractivity contribution >= 4 is 29.0 Å². The molecule has 226 valence electrons. The van der Waals surface area contributed by atoms with E-state index < -0.39 is 18.2 Å². The van der Waals surface area contributed by atoms with Crippen molar-refractivity contribution in [3.63, 3.8) is 0 Å². The number of nitrogens with zero attached hydrogens (tertiary/aromatic N) is 6. The second-order valence-electron chi connectivity index (χ2n) is 10.7. The summed E-state index contributed by atoms with van der Waals surface area (Å²) >= 11 is 0. The van der Waals surface area contributed by atoms with Crippen molar-refractivity contribution in [2.45, 2.75) is 25.8 Å². The van der Waals surface area contributed by atoms with Crippen LogP contribution in [0.25, 0.3) is 16.9 Å². The number of benzene rings is 2. The first-order chi connectivity index (χ1) is 21.4. The topological polar surface area (TPSA) is 128 Å². The number of hydrogen-bond donors (Lipinski definition) is 2. The molecule has 0 unspecified atom stereocenters. The Bertz CT molecular complexity index is 1770. The average Bonchev–Trinajstić information content (AvgIpc) is 3.73. The molecule has 2 fully saturated rings. The molecule has 4 heterocycles. The lowest BCUT2D eigenvalue weighted by Crippen LogP contribution is -2.54. The number of aryl methyl sites for hydroxylation is 1. The van der Waals surface area contributed by atoms with Gasteiger partial charge in [-0.15, -0.1) is 0 Å². The van der Waals surface area contributed by atoms with Crippen LogP contribution in [0, 0.1) is 29.9 Å². The van der Waals surface area contributed by atoms with E-state index in [4.69, 9.17) is 10.00 Å². The number of hydrogen-bond acceptors (Lipinski definition) is 8. The van der Waals surface area contributed by atoms with Gasteiger partial charge >= 0.3 is 0 Å². The maximum atomic E-state index is 15.0. The van der Waals surface area contributed by atoms with Gasteiger partial charge in [0.05, 0.1) is 17.9 Å². The van der Waals surface area contributed by atoms with Crippen molar-refractivity contribution in [3.8, 4) is 23.1 Å². The van der Waals surface area contributed by atoms with Gasteiger partial charge in [-0.2, -0.15) is 9.65 Å². The van der Waals surface area contributed by atoms with Crippen molar-refractivity contribution in [2.24, 2.45) is 0 Å². The second-order valence-corrected chi connectivity index (χ2v) is 10.7. The SMILES string of the molecule is Cc1cc(Nc2nccn3c(-c4ccc(OCC#N)c(F)c4F)cnc23)ccc1C(=O)N1CCN(C(=O)[C@@H]2CCCN2)CC1. The molecule has 1 atom stereocenters. The monoisotopic (exact) mass is 600 g/mol. The molecule has 0 aliphatic carbocycles. The minimum atomic E-state index is -1.19. The number of carbonyl (C=O) groups excluding carboxylic acids is 2. The highest BCUT2D eigenvalue weighted by Gasteiger charge is 2.31. The predicted molar refractivity (Wildman–Crippen MR) is 157 cm³/mol. The first kappa shape index (κ1) is 29.0. The van der Waals surface area contributed by atoms with Crippen molar-refractivity contribution in [1.29, 1.82) is 5.26 Å². The first-order valence-corrected chi connectivity index (χ1v) is 14.3. The number of piperazine rings is 1. The van der Waals surface area contributed by atoms with Crippen LogP contribution in [0.1, 0.15) is 28.8 Å². The second kappa shape index (κ2) is 12.3. The molecular weight excluding hydrogens is 570 g/mol. The van der Waals surface area contributed by atoms with Gasteiger partial charge in [-0.05, 0) is 62.2 Å². The van der Waals surface area contributed by atoms with Crippen molar-refractivity contribution < 1.29 is 23.1 Å². The van der Waals surface area contributed by atoms with Gasteiger partial charge in [-0.25, -0.2) is 14.4 Å². The molecule has 2 aromatic heterocycles. The summed E-state index contributed by atoms with van der Waals surface area (Å²) in [6.45, 7) is 4.30. The van der Waals surface area contributed by atoms with Gasteiger partial charge < -0.3 is 25.2 Å². The van der Waals surface area contributed by atoms with Crippen LogP contribution >= 0.6 is 0 Å². The Morgan fingerprint density at radius 2 is 1.91 bits per heavy atom. The lowest BCUT2D eigenvalue weighted by molar-refractivity contribution is -0.134. The molecule has 44 heavy (non-hydrogen) atoms. The molecule has 0 bridgehead atoms. The van der Waals surface area contributed by atoms with Gasteiger partial charge in [0.25, 0.3) is 5.91 Å². The van der Waals surface area contributed by atoms with E-state index in [2.05, 4.69) is 20.6 Å². The number of nitriles is 1. The van der Waals surface area contributed by atoms with Crippen LogP contribution in [-0.2, 0) is 4.79 Å². The Labute approximate surface area is 252 Å². The number of halogens is 2. The molecule has 2 saturated heterocycles. The molecule has 11 nitrogen and oxygen atoms in total. The molecule has 0 spiro atoms. The zero-order chi connectivity index (χ0) is 30.8. The van der Waals surface area contributed by atoms with Gasteiger partial charge in [-0.1, -0.05) is 0 Å². The van der Waals surface area contributed by atoms with E-state index in [-0.39, 0.29) is 29.2 Å². The van der Waals surface area contributed by atoms with Crippen LogP contribution in [-0.4, -0.2) is 81.4 Å². The zero-order valence-electron chi connectivity index (χ0n) is 24.0. The van der Waals surface area contributed by atoms with Crippen molar-refractivity contribution in [1.82, 2.24) is 29.5 Å². The Morgan fingerprint density at radius 3 is 2.64 bits per heavy atom. The minimum Gasteiger partial charge on any atom is -0.476 e. The molecule has 0 saturated carbocycles. The Kier molecular flexibility index (Phi) is 8.08. The molecule has 2 amide bonds. The van der Waals surface area contributed by atoms with E-state index in [1.807, 2.05) is 17.9 Å². The lowest BCUT2D eigenvalue weighted by atomic mass is 10.1. The van der Waals surface area contributed by atoms with E-state index >= 15 is 0 Å². The van der Waals surface area contributed by atoms with E-state index in [1.165, 1.54) is 24.5 Å². The van der Waals surface area contributed by atoms with E-state index in [9.17, 15) is 18.4 Å². The number of aromatic nitrogens is 3. The number of nitrogens with one attached hydrogen (secondary N) is 2. The third-order valence-electron chi connectivity index (χ3n) is 8.00. The molecule has 2 aromatic carbocycles. The van der Waals surface area contributed by atoms with Crippen LogP contribution in [0.15, 0.2) is 48.9 Å². The van der Waals surface area contributed by atoms with Gasteiger partial charge in [0.15, 0.2) is 29.6 Å². The lowest BCUT2D eigenvalue weighted by Gasteiger charge is -2.36. The number of carbonyl (C=O) groups is 2. The molecule has 6 rings (SSSR count). The Hall–Kier alpha value is -5.09. The van der Waals surface area contributed by atoms with Gasteiger partial charge in [0.1, 0.15) is 6.07 Å². The third kappa shape index (κ3) is 5.51. The van der Waals surface area contributed by atoms with Crippen molar-refractivity contribution in [2.75, 3.05) is 44.6 Å². The third-order valence-corrected chi connectivity index (χ3v) is 8.00. The average molecular weight is 601 g/mol. The number of amides is 2. The van der Waals surface area contributed by atoms with Crippen molar-refractivity contribution in [3.05, 3.63) is 71.7 Å². The van der Waals surface area contributed by atoms with E-state index in [1.54, 1.807) is 33.7 Å². The van der Waals surface area contributed by atoms with E-state index in [0.29, 0.717) is 54.6 Å². The fourth-order valence-electron chi connectivity index (χ4n) is 5.69. The Balaban J connectivity index is 1.16. The zero-order valence-corrected chi connectivity index (χ0v) is 24.0. The van der Waals surface area contributed by atoms with E-state index in [0.717, 1.165) is 24.9 Å². The summed E-state index contributed by atoms with van der Waals surface area (Å²) < 4.78 is 36.1. The van der Waals surface area contributed by atoms with Crippen LogP contribution in [0.5, 0.6) is 5.75 Å². The molecule has 2 N–H and O–H groups in total. The van der Waals surface area contributed by atoms with Gasteiger partial charge in [-0.3, -0.25) is 14.0 Å². The molecule has 2 aliphatic rings. The van der Waals surface area contributed by atoms with Crippen LogP contribution in [0.2, 0.25) is 0 Å². The fraction of sp³-hybridized carbons (Fsp3) is 0.323. The smallest absolute Gasteiger partial charge is 0.254 e. The molecule has 4 aromatic rings. The molecular formula is C31H30F2N8O3. The first-order valence-electron chi connectivity index (χ1n) is 14.3. The summed E-state index contributed by atoms with van der Waals surface area (Å²) in [6, 6.07) is 9.61. The highest BCUT2D eigenvalue weighted by Crippen LogP contribution is 2.32. The summed E-state index contributed by atoms with van der Waals surface area (Å²) in [5.41, 5.74) is 2.65. The van der Waals surface area contributed by atoms with Crippen LogP contribution < -0.4 is 15.4 Å². The number of anilines is 2. The molecule has 2 aliphatic heterocycles. The predicted octanol–water partition coefficient (Wildman–Crippen LogP) is 3.67. The highest BCUT2D eigenvalue weighted by atomic mass is 19.2. The minimum absolute atomic E-state index is 0.0319. The summed E-state index contributed by atoms with van der Waals surface area (Å²) in [7, 11) is 0. The van der Waals surface area contributed by atoms with Crippen LogP contribution in [0.3, 0.4) is 0 Å². The maximum Gasteiger partial charge on any atom is 0.254 e. The summed E-state index contributed by atoms with van der Waals surface area (Å²) in [5, 5.41) is 15.1. The summed E-state index contributed by atoms with van der Waals surface area (Å²) in [4.78, 5) is 38.4. The number of ether oxygens (including phenoxy) is 1. The summed E-state index contributed by atoms with van der Waals surface area (Å²) in [6.07, 6.45) is 6.38. The summed E-state index contributed by atoms with van der Waals surface area (Å²) in [5.74, 6) is -2.25. The quantitative estimate of drug-likeness (QED) is 0.329. The highest BCUT2D eigenvalue weighted by molar-refractivity contribution is 5.96. The largest absolute Gasteiger partial charge is 0.476 e. The Morgan fingerprint density at radius 1 is 1.11 bits per heavy atom. The normalized spacial score (nSPS) is 16.6. The molecule has 13 heteroatoms. The fourth-order valence-corrected chi connectivity index (χ4v) is 5.69. The number of rotatable bonds is 7. The number of fused-ring (bicyclic) bond motifs is 1. The van der Waals surface area contributed by atoms with Gasteiger partial charge in [0.2, 0.25) is 11.7 Å². The maximum absolute atomic E-state index is 15.0. The standard InChI is InChI=1S/C31H30F2N8O3/c1-19-17-20(4-5-21(19)30(42)39-12-14-40(15-13-39)31(43)23-3-2-9-35-23)38-28-29-37-18-24(41(29)11-10-36-28)22-6-7-25(44-16-8-34)27(33)26(22)32/h4-7,10-11,17-18,23,35H,2-3,9,12-16H2,1H3,(H,36,38)/t23-/m0/s1. The number of imidazole rings is 1. The van der Waals surface area contributed by atoms with Crippen LogP contribution in [0.4, 0.5) is 20.3 Å². The van der Waals surface area contributed by atoms with Gasteiger partial charge in [0, 0.05) is 55.4 Å². The molecule has 0 radical (unpaired) electrons.